The minimum Gasteiger partial charge on any atom is -0.494 e. The summed E-state index contributed by atoms with van der Waals surface area (Å²) in [6, 6.07) is 15.8. The number of nitrogen functional groups attached to an aromatic ring is 1. The number of hydrogen-bond donors (Lipinski definition) is 1. The molecule has 4 aromatic heterocycles. The molecule has 8 nitrogen and oxygen atoms in total. The molecular weight excluding hydrogens is 503 g/mol. The molecule has 0 unspecified atom stereocenters. The van der Waals surface area contributed by atoms with Crippen molar-refractivity contribution in [2.45, 2.75) is 19.9 Å². The van der Waals surface area contributed by atoms with Crippen molar-refractivity contribution < 1.29 is 9.13 Å². The molecule has 10 heteroatoms. The molecule has 0 amide bonds. The first-order valence-electron chi connectivity index (χ1n) is 11.9. The Hall–Kier alpha value is -4.57. The Kier molecular flexibility index (Phi) is 5.68. The van der Waals surface area contributed by atoms with E-state index < -0.39 is 11.9 Å². The summed E-state index contributed by atoms with van der Waals surface area (Å²) in [7, 11) is 1.41. The van der Waals surface area contributed by atoms with Crippen molar-refractivity contribution in [3.63, 3.8) is 0 Å². The molecule has 2 aromatic carbocycles. The lowest BCUT2D eigenvalue weighted by atomic mass is 9.97. The molecule has 0 radical (unpaired) electrons. The van der Waals surface area contributed by atoms with Crippen LogP contribution in [0, 0.1) is 12.7 Å². The smallest absolute Gasteiger partial charge is 0.264 e. The first-order valence-corrected chi connectivity index (χ1v) is 12.8. The average molecular weight is 527 g/mol. The van der Waals surface area contributed by atoms with Crippen molar-refractivity contribution in [1.82, 2.24) is 24.1 Å². The lowest BCUT2D eigenvalue weighted by Gasteiger charge is -2.18. The summed E-state index contributed by atoms with van der Waals surface area (Å²) in [6.07, 6.45) is 1.37. The van der Waals surface area contributed by atoms with Crippen LogP contribution in [0.3, 0.4) is 0 Å². The van der Waals surface area contributed by atoms with Gasteiger partial charge in [-0.1, -0.05) is 30.3 Å². The highest BCUT2D eigenvalue weighted by atomic mass is 32.1. The third kappa shape index (κ3) is 3.64. The fraction of sp³-hybridized carbons (Fsp3) is 0.143. The molecule has 0 aliphatic rings. The lowest BCUT2D eigenvalue weighted by molar-refractivity contribution is 0.386. The molecular formula is C28H23FN6O2S. The van der Waals surface area contributed by atoms with E-state index in [-0.39, 0.29) is 17.1 Å². The van der Waals surface area contributed by atoms with Crippen molar-refractivity contribution >= 4 is 33.0 Å². The van der Waals surface area contributed by atoms with Gasteiger partial charge in [-0.3, -0.25) is 9.20 Å². The number of hydrogen-bond acceptors (Lipinski definition) is 7. The van der Waals surface area contributed by atoms with Crippen molar-refractivity contribution in [1.29, 1.82) is 0 Å². The maximum Gasteiger partial charge on any atom is 0.264 e. The van der Waals surface area contributed by atoms with Crippen LogP contribution in [0.4, 0.5) is 10.2 Å². The van der Waals surface area contributed by atoms with E-state index in [9.17, 15) is 9.18 Å². The van der Waals surface area contributed by atoms with Gasteiger partial charge in [-0.05, 0) is 49.2 Å². The van der Waals surface area contributed by atoms with Gasteiger partial charge >= 0.3 is 0 Å². The van der Waals surface area contributed by atoms with Gasteiger partial charge in [-0.25, -0.2) is 19.0 Å². The zero-order valence-electron chi connectivity index (χ0n) is 20.8. The summed E-state index contributed by atoms with van der Waals surface area (Å²) in [6.45, 7) is 3.88. The Balaban J connectivity index is 1.62. The maximum absolute atomic E-state index is 14.6. The summed E-state index contributed by atoms with van der Waals surface area (Å²) >= 11 is 1.51. The molecule has 0 aliphatic heterocycles. The maximum atomic E-state index is 14.6. The number of nitrogens with two attached hydrogens (primary N) is 1. The van der Waals surface area contributed by atoms with Crippen molar-refractivity contribution in [2.24, 2.45) is 0 Å². The van der Waals surface area contributed by atoms with Crippen LogP contribution in [0.25, 0.3) is 38.2 Å². The second kappa shape index (κ2) is 9.07. The van der Waals surface area contributed by atoms with E-state index in [0.717, 1.165) is 21.7 Å². The van der Waals surface area contributed by atoms with E-state index in [1.54, 1.807) is 21.2 Å². The van der Waals surface area contributed by atoms with Crippen LogP contribution in [0.1, 0.15) is 24.2 Å². The molecule has 190 valence electrons. The zero-order valence-corrected chi connectivity index (χ0v) is 21.7. The summed E-state index contributed by atoms with van der Waals surface area (Å²) in [4.78, 5) is 23.3. The van der Waals surface area contributed by atoms with Crippen molar-refractivity contribution in [2.75, 3.05) is 12.8 Å². The second-order valence-electron chi connectivity index (χ2n) is 8.97. The number of aromatic nitrogens is 5. The van der Waals surface area contributed by atoms with Gasteiger partial charge in [0.05, 0.1) is 24.1 Å². The molecule has 0 saturated heterocycles. The predicted molar refractivity (Wildman–Crippen MR) is 147 cm³/mol. The van der Waals surface area contributed by atoms with Gasteiger partial charge in [-0.2, -0.15) is 5.10 Å². The molecule has 1 atom stereocenters. The highest BCUT2D eigenvalue weighted by Crippen LogP contribution is 2.37. The van der Waals surface area contributed by atoms with E-state index in [1.165, 1.54) is 30.8 Å². The standard InChI is InChI=1S/C28H23FN6O2S/c1-15-13-38-22-12-19(23(28(36)34(15)22)17-7-5-4-6-8-17)16(2)35-27-24(26(30)31-14-32-27)25(33-35)18-9-10-21(37-3)20(29)11-18/h4-14,16H,1-3H3,(H2,30,31,32)/t16-/m0/s1. The molecule has 38 heavy (non-hydrogen) atoms. The van der Waals surface area contributed by atoms with Crippen molar-refractivity contribution in [3.8, 4) is 28.1 Å². The molecule has 0 spiro atoms. The number of nitrogens with zero attached hydrogens (tertiary/aromatic N) is 5. The quantitative estimate of drug-likeness (QED) is 0.319. The van der Waals surface area contributed by atoms with E-state index >= 15 is 0 Å². The first kappa shape index (κ1) is 23.8. The van der Waals surface area contributed by atoms with Crippen molar-refractivity contribution in [3.05, 3.63) is 93.7 Å². The van der Waals surface area contributed by atoms with Crippen LogP contribution in [-0.4, -0.2) is 31.3 Å². The number of ether oxygens (including phenoxy) is 1. The van der Waals surface area contributed by atoms with E-state index in [0.29, 0.717) is 27.9 Å². The van der Waals surface area contributed by atoms with Crippen LogP contribution in [0.2, 0.25) is 0 Å². The number of benzene rings is 2. The summed E-state index contributed by atoms with van der Waals surface area (Å²) in [5, 5.41) is 7.34. The van der Waals surface area contributed by atoms with Crippen LogP contribution in [0.5, 0.6) is 5.75 Å². The number of anilines is 1. The minimum atomic E-state index is -0.519. The molecule has 4 heterocycles. The van der Waals surface area contributed by atoms with Crippen LogP contribution in [-0.2, 0) is 0 Å². The van der Waals surface area contributed by atoms with Gasteiger partial charge in [0.25, 0.3) is 5.56 Å². The largest absolute Gasteiger partial charge is 0.494 e. The SMILES string of the molecule is COc1ccc(-c2nn([C@@H](C)c3cc4scc(C)n4c(=O)c3-c3ccccc3)c3ncnc(N)c23)cc1F. The van der Waals surface area contributed by atoms with Gasteiger partial charge in [0.15, 0.2) is 17.2 Å². The minimum absolute atomic E-state index is 0.0997. The van der Waals surface area contributed by atoms with Crippen LogP contribution < -0.4 is 16.0 Å². The number of thiazole rings is 1. The summed E-state index contributed by atoms with van der Waals surface area (Å²) in [5.41, 5.74) is 10.7. The Bertz CT molecular complexity index is 1890. The number of fused-ring (bicyclic) bond motifs is 2. The highest BCUT2D eigenvalue weighted by Gasteiger charge is 2.25. The number of aryl methyl sites for hydroxylation is 1. The third-order valence-corrected chi connectivity index (χ3v) is 7.73. The van der Waals surface area contributed by atoms with Gasteiger partial charge in [0.1, 0.15) is 22.7 Å². The lowest BCUT2D eigenvalue weighted by Crippen LogP contribution is -2.21. The van der Waals surface area contributed by atoms with Gasteiger partial charge in [0, 0.05) is 16.6 Å². The molecule has 6 aromatic rings. The molecule has 6 rings (SSSR count). The zero-order chi connectivity index (χ0) is 26.6. The Morgan fingerprint density at radius 3 is 2.61 bits per heavy atom. The predicted octanol–water partition coefficient (Wildman–Crippen LogP) is 5.48. The number of methoxy groups -OCH3 is 1. The Morgan fingerprint density at radius 2 is 1.87 bits per heavy atom. The first-order chi connectivity index (χ1) is 18.4. The van der Waals surface area contributed by atoms with Gasteiger partial charge in [-0.15, -0.1) is 11.3 Å². The molecule has 0 fully saturated rings. The van der Waals surface area contributed by atoms with Gasteiger partial charge in [0.2, 0.25) is 0 Å². The summed E-state index contributed by atoms with van der Waals surface area (Å²) < 4.78 is 23.2. The van der Waals surface area contributed by atoms with Gasteiger partial charge < -0.3 is 10.5 Å². The molecule has 0 saturated carbocycles. The molecule has 0 bridgehead atoms. The fourth-order valence-corrected chi connectivity index (χ4v) is 5.79. The Labute approximate surface area is 220 Å². The number of rotatable bonds is 5. The van der Waals surface area contributed by atoms with Crippen LogP contribution >= 0.6 is 11.3 Å². The summed E-state index contributed by atoms with van der Waals surface area (Å²) in [5.74, 6) is -0.163. The number of halogens is 1. The van der Waals surface area contributed by atoms with E-state index in [4.69, 9.17) is 15.6 Å². The Morgan fingerprint density at radius 1 is 1.08 bits per heavy atom. The number of pyridine rings is 1. The fourth-order valence-electron chi connectivity index (χ4n) is 4.86. The van der Waals surface area contributed by atoms with E-state index in [1.807, 2.05) is 55.6 Å². The third-order valence-electron chi connectivity index (χ3n) is 6.73. The normalized spacial score (nSPS) is 12.3. The topological polar surface area (TPSA) is 100 Å². The second-order valence-corrected chi connectivity index (χ2v) is 9.86. The molecule has 2 N–H and O–H groups in total. The average Bonchev–Trinajstić information content (AvgIpc) is 3.50. The van der Waals surface area contributed by atoms with E-state index in [2.05, 4.69) is 9.97 Å². The highest BCUT2D eigenvalue weighted by molar-refractivity contribution is 7.15. The van der Waals surface area contributed by atoms with Crippen LogP contribution in [0.15, 0.2) is 71.1 Å². The monoisotopic (exact) mass is 526 g/mol. The molecule has 0 aliphatic carbocycles.